The van der Waals surface area contributed by atoms with E-state index in [1.807, 2.05) is 7.11 Å². The van der Waals surface area contributed by atoms with Crippen LogP contribution in [0.1, 0.15) is 63.4 Å². The Hall–Kier alpha value is -1.94. The molecule has 28 atom stereocenters. The molecule has 16 aliphatic carbocycles. The molecule has 0 N–H and O–H groups in total. The maximum absolute atomic E-state index is 6.45. The highest BCUT2D eigenvalue weighted by atomic mass is 16.5. The first-order chi connectivity index (χ1) is 30.2. The number of hydrogen-bond donors (Lipinski definition) is 0. The quantitative estimate of drug-likeness (QED) is 0.186. The van der Waals surface area contributed by atoms with Crippen LogP contribution in [0, 0.1) is 159 Å². The van der Waals surface area contributed by atoms with E-state index in [4.69, 9.17) is 9.47 Å². The van der Waals surface area contributed by atoms with Gasteiger partial charge in [-0.15, -0.1) is 0 Å². The Bertz CT molecular complexity index is 2440. The lowest BCUT2D eigenvalue weighted by Crippen LogP contribution is -2.60. The molecule has 61 heavy (non-hydrogen) atoms. The molecule has 19 rings (SSSR count). The molecule has 14 fully saturated rings. The summed E-state index contributed by atoms with van der Waals surface area (Å²) in [6.45, 7) is 4.77. The Labute approximate surface area is 363 Å². The zero-order chi connectivity index (χ0) is 38.7. The van der Waals surface area contributed by atoms with Gasteiger partial charge in [-0.25, -0.2) is 0 Å². The number of allylic oxidation sites excluding steroid dienone is 3. The lowest BCUT2D eigenvalue weighted by atomic mass is 9.42. The lowest BCUT2D eigenvalue weighted by molar-refractivity contribution is -0.149. The fourth-order valence-electron chi connectivity index (χ4n) is 27.5. The first kappa shape index (κ1) is 33.5. The standard InChI is InChI=1S/C58H67NO2/c1-60-13-14-61-12-11-59-23-35-34-21-31-19-28-17-29-16-26-15-27-18-30-20-32-22-58(35,36(59)10-9-25-7-4-6-24-5-2-3-8-33(24)25)57-43(32)48-42(30)47-38(27)37(26)45-41(29)46-39(28)40(31)49-44(34)56(57)55-53(48)51(47)50(45)52(46)54(49)55/h2-8,26-30,32,35-39,41-43,45-57H,9-23H2,1H3. The second kappa shape index (κ2) is 10.7. The molecule has 2 aromatic rings. The first-order valence-electron chi connectivity index (χ1n) is 26.9. The summed E-state index contributed by atoms with van der Waals surface area (Å²) in [6.07, 6.45) is 15.5. The summed E-state index contributed by atoms with van der Waals surface area (Å²) < 4.78 is 11.9. The Morgan fingerprint density at radius 1 is 0.623 bits per heavy atom. The van der Waals surface area contributed by atoms with Gasteiger partial charge in [0, 0.05) is 38.1 Å². The maximum atomic E-state index is 6.45. The molecule has 3 heteroatoms. The van der Waals surface area contributed by atoms with Crippen molar-refractivity contribution in [3.05, 3.63) is 70.3 Å². The number of benzene rings is 2. The molecular formula is C58H67NO2. The lowest BCUT2D eigenvalue weighted by Gasteiger charge is -2.62. The molecule has 0 radical (unpaired) electrons. The fraction of sp³-hybridized carbons (Fsp3) is 0.759. The summed E-state index contributed by atoms with van der Waals surface area (Å²) in [5.41, 5.74) is 10.8. The van der Waals surface area contributed by atoms with Crippen LogP contribution in [-0.4, -0.2) is 51.0 Å². The second-order valence-corrected chi connectivity index (χ2v) is 26.5. The average Bonchev–Trinajstić information content (AvgIpc) is 4.14. The van der Waals surface area contributed by atoms with Gasteiger partial charge in [0.05, 0.1) is 19.8 Å². The Morgan fingerprint density at radius 3 is 2.13 bits per heavy atom. The van der Waals surface area contributed by atoms with Crippen molar-refractivity contribution in [1.29, 1.82) is 0 Å². The highest BCUT2D eigenvalue weighted by Gasteiger charge is 2.88. The molecule has 28 unspecified atom stereocenters. The normalized spacial score (nSPS) is 61.2. The van der Waals surface area contributed by atoms with Crippen molar-refractivity contribution in [1.82, 2.24) is 4.90 Å². The van der Waals surface area contributed by atoms with E-state index >= 15 is 0 Å². The van der Waals surface area contributed by atoms with Crippen molar-refractivity contribution in [2.45, 2.75) is 70.3 Å². The van der Waals surface area contributed by atoms with Crippen LogP contribution in [0.25, 0.3) is 10.8 Å². The van der Waals surface area contributed by atoms with E-state index in [1.165, 1.54) is 66.7 Å². The third-order valence-electron chi connectivity index (χ3n) is 26.7. The SMILES string of the molecule is COCCOCCN1CC2C3=C4C5C6=C(C3)CC3CC7CC8CC9CC%10CC%11CC2(C2C4C4C5C5C(C63)C7C3C8C9C6C%10C(C4C6C35)C%112)C1CCc1cccc2ccccc12. The second-order valence-electron chi connectivity index (χ2n) is 26.5. The molecule has 2 aromatic carbocycles. The first-order valence-corrected chi connectivity index (χ1v) is 26.9. The molecule has 3 nitrogen and oxygen atoms in total. The minimum atomic E-state index is 0.471. The molecule has 1 spiro atoms. The molecule has 1 heterocycles. The van der Waals surface area contributed by atoms with Gasteiger partial charge in [-0.1, -0.05) is 64.8 Å². The minimum Gasteiger partial charge on any atom is -0.382 e. The van der Waals surface area contributed by atoms with E-state index in [1.54, 1.807) is 44.1 Å². The van der Waals surface area contributed by atoms with Crippen LogP contribution in [0.3, 0.4) is 0 Å². The van der Waals surface area contributed by atoms with E-state index in [9.17, 15) is 0 Å². The van der Waals surface area contributed by atoms with Gasteiger partial charge in [0.1, 0.15) is 0 Å². The number of hydrogen-bond acceptors (Lipinski definition) is 3. The summed E-state index contributed by atoms with van der Waals surface area (Å²) in [5, 5.41) is 2.95. The predicted octanol–water partition coefficient (Wildman–Crippen LogP) is 10.1. The van der Waals surface area contributed by atoms with Crippen molar-refractivity contribution in [3.8, 4) is 0 Å². The molecule has 0 aromatic heterocycles. The molecule has 0 amide bonds. The van der Waals surface area contributed by atoms with Gasteiger partial charge in [0.15, 0.2) is 0 Å². The van der Waals surface area contributed by atoms with Gasteiger partial charge in [-0.3, -0.25) is 4.90 Å². The van der Waals surface area contributed by atoms with Gasteiger partial charge in [-0.05, 0) is 228 Å². The minimum absolute atomic E-state index is 0.471. The Balaban J connectivity index is 0.839. The Morgan fingerprint density at radius 2 is 1.30 bits per heavy atom. The monoisotopic (exact) mass is 810 g/mol. The predicted molar refractivity (Wildman–Crippen MR) is 234 cm³/mol. The van der Waals surface area contributed by atoms with Crippen molar-refractivity contribution >= 4 is 10.8 Å². The van der Waals surface area contributed by atoms with E-state index in [0.717, 1.165) is 150 Å². The molecule has 0 bridgehead atoms. The number of rotatable bonds is 9. The molecule has 316 valence electrons. The van der Waals surface area contributed by atoms with E-state index in [-0.39, 0.29) is 0 Å². The fourth-order valence-corrected chi connectivity index (χ4v) is 27.5. The number of likely N-dealkylation sites (tertiary alicyclic amines) is 1. The van der Waals surface area contributed by atoms with E-state index in [0.29, 0.717) is 18.1 Å². The summed E-state index contributed by atoms with van der Waals surface area (Å²) in [6, 6.07) is 17.3. The van der Waals surface area contributed by atoms with Gasteiger partial charge in [-0.2, -0.15) is 0 Å². The van der Waals surface area contributed by atoms with Gasteiger partial charge >= 0.3 is 0 Å². The molecule has 13 saturated carbocycles. The third kappa shape index (κ3) is 3.33. The molecule has 1 saturated heterocycles. The summed E-state index contributed by atoms with van der Waals surface area (Å²) in [7, 11) is 1.83. The van der Waals surface area contributed by atoms with E-state index in [2.05, 4.69) is 69.7 Å². The van der Waals surface area contributed by atoms with Crippen LogP contribution in [0.2, 0.25) is 0 Å². The van der Waals surface area contributed by atoms with Crippen LogP contribution < -0.4 is 0 Å². The van der Waals surface area contributed by atoms with Crippen LogP contribution in [0.15, 0.2) is 64.8 Å². The van der Waals surface area contributed by atoms with Crippen LogP contribution in [-0.2, 0) is 15.9 Å². The smallest absolute Gasteiger partial charge is 0.0700 e. The maximum Gasteiger partial charge on any atom is 0.0700 e. The van der Waals surface area contributed by atoms with Crippen LogP contribution >= 0.6 is 0 Å². The number of methoxy groups -OCH3 is 1. The third-order valence-corrected chi connectivity index (χ3v) is 26.7. The molecular weight excluding hydrogens is 743 g/mol. The highest BCUT2D eigenvalue weighted by Crippen LogP contribution is 2.93. The van der Waals surface area contributed by atoms with Gasteiger partial charge in [0.25, 0.3) is 0 Å². The van der Waals surface area contributed by atoms with Crippen molar-refractivity contribution in [3.63, 3.8) is 0 Å². The zero-order valence-corrected chi connectivity index (χ0v) is 36.5. The number of fused-ring (bicyclic) bond motifs is 2. The van der Waals surface area contributed by atoms with E-state index < -0.39 is 0 Å². The summed E-state index contributed by atoms with van der Waals surface area (Å²) >= 11 is 0. The number of ether oxygens (including phenoxy) is 2. The van der Waals surface area contributed by atoms with Crippen molar-refractivity contribution in [2.75, 3.05) is 40.0 Å². The molecule has 17 aliphatic rings. The largest absolute Gasteiger partial charge is 0.382 e. The van der Waals surface area contributed by atoms with Gasteiger partial charge < -0.3 is 9.47 Å². The van der Waals surface area contributed by atoms with Gasteiger partial charge in [0.2, 0.25) is 0 Å². The topological polar surface area (TPSA) is 21.7 Å². The number of nitrogens with zero attached hydrogens (tertiary/aromatic N) is 1. The zero-order valence-electron chi connectivity index (χ0n) is 36.5. The summed E-state index contributed by atoms with van der Waals surface area (Å²) in [5.74, 6) is 28.2. The highest BCUT2D eigenvalue weighted by molar-refractivity contribution is 5.85. The van der Waals surface area contributed by atoms with Crippen molar-refractivity contribution in [2.24, 2.45) is 159 Å². The molecule has 1 aliphatic heterocycles. The van der Waals surface area contributed by atoms with Crippen LogP contribution in [0.4, 0.5) is 0 Å². The summed E-state index contributed by atoms with van der Waals surface area (Å²) in [4.78, 5) is 3.15. The average molecular weight is 810 g/mol. The van der Waals surface area contributed by atoms with Crippen molar-refractivity contribution < 1.29 is 9.47 Å². The Kier molecular flexibility index (Phi) is 5.87. The number of aryl methyl sites for hydroxylation is 1. The van der Waals surface area contributed by atoms with Crippen LogP contribution in [0.5, 0.6) is 0 Å².